The Bertz CT molecular complexity index is 491. The Morgan fingerprint density at radius 1 is 1.62 bits per heavy atom. The summed E-state index contributed by atoms with van der Waals surface area (Å²) in [7, 11) is 1.75. The molecule has 2 aromatic heterocycles. The van der Waals surface area contributed by atoms with E-state index < -0.39 is 6.10 Å². The molecule has 0 saturated carbocycles. The van der Waals surface area contributed by atoms with Gasteiger partial charge in [-0.2, -0.15) is 5.10 Å². The summed E-state index contributed by atoms with van der Waals surface area (Å²) < 4.78 is 1.55. The molecule has 6 heteroatoms. The molecule has 0 saturated heterocycles. The van der Waals surface area contributed by atoms with Crippen molar-refractivity contribution in [2.24, 2.45) is 7.05 Å². The van der Waals surface area contributed by atoms with Crippen LogP contribution in [0.1, 0.15) is 22.4 Å². The van der Waals surface area contributed by atoms with E-state index in [1.54, 1.807) is 29.3 Å². The minimum absolute atomic E-state index is 0.481. The number of aryl methyl sites for hydroxylation is 2. The van der Waals surface area contributed by atoms with Gasteiger partial charge in [-0.25, -0.2) is 4.98 Å². The van der Waals surface area contributed by atoms with Gasteiger partial charge < -0.3 is 10.8 Å². The SMILES string of the molecule is Cc1csc(CC(O)c2cnn(C)c2N)n1. The highest BCUT2D eigenvalue weighted by Gasteiger charge is 2.16. The van der Waals surface area contributed by atoms with E-state index >= 15 is 0 Å². The van der Waals surface area contributed by atoms with Crippen molar-refractivity contribution in [3.05, 3.63) is 27.8 Å². The van der Waals surface area contributed by atoms with Gasteiger partial charge in [-0.3, -0.25) is 4.68 Å². The van der Waals surface area contributed by atoms with Gasteiger partial charge in [-0.05, 0) is 6.92 Å². The summed E-state index contributed by atoms with van der Waals surface area (Å²) in [5, 5.41) is 16.9. The van der Waals surface area contributed by atoms with Crippen LogP contribution in [0, 0.1) is 6.92 Å². The molecule has 3 N–H and O–H groups in total. The number of hydrogen-bond donors (Lipinski definition) is 2. The van der Waals surface area contributed by atoms with E-state index in [0.717, 1.165) is 10.7 Å². The highest BCUT2D eigenvalue weighted by molar-refractivity contribution is 7.09. The molecular formula is C10H14N4OS. The van der Waals surface area contributed by atoms with Crippen molar-refractivity contribution in [1.29, 1.82) is 0 Å². The number of nitrogen functional groups attached to an aromatic ring is 1. The molecule has 0 aliphatic carbocycles. The lowest BCUT2D eigenvalue weighted by Crippen LogP contribution is -2.05. The molecule has 2 rings (SSSR count). The highest BCUT2D eigenvalue weighted by Crippen LogP contribution is 2.24. The molecule has 2 aromatic rings. The number of nitrogens with two attached hydrogens (primary N) is 1. The van der Waals surface area contributed by atoms with Crippen LogP contribution in [0.4, 0.5) is 5.82 Å². The quantitative estimate of drug-likeness (QED) is 0.837. The zero-order chi connectivity index (χ0) is 11.7. The number of rotatable bonds is 3. The molecule has 86 valence electrons. The maximum Gasteiger partial charge on any atom is 0.127 e. The average molecular weight is 238 g/mol. The van der Waals surface area contributed by atoms with E-state index in [9.17, 15) is 5.11 Å². The molecule has 0 aliphatic rings. The minimum Gasteiger partial charge on any atom is -0.388 e. The summed E-state index contributed by atoms with van der Waals surface area (Å²) >= 11 is 1.55. The van der Waals surface area contributed by atoms with E-state index in [4.69, 9.17) is 5.73 Å². The van der Waals surface area contributed by atoms with Crippen molar-refractivity contribution in [3.8, 4) is 0 Å². The standard InChI is InChI=1S/C10H14N4OS/c1-6-5-16-9(13-6)3-8(15)7-4-12-14(2)10(7)11/h4-5,8,15H,3,11H2,1-2H3. The molecule has 0 radical (unpaired) electrons. The maximum absolute atomic E-state index is 10.0. The van der Waals surface area contributed by atoms with Gasteiger partial charge in [0.05, 0.1) is 17.3 Å². The van der Waals surface area contributed by atoms with Crippen molar-refractivity contribution in [2.45, 2.75) is 19.4 Å². The molecule has 0 amide bonds. The van der Waals surface area contributed by atoms with E-state index in [1.807, 2.05) is 12.3 Å². The lowest BCUT2D eigenvalue weighted by molar-refractivity contribution is 0.179. The second-order valence-electron chi connectivity index (χ2n) is 3.71. The van der Waals surface area contributed by atoms with Crippen LogP contribution >= 0.6 is 11.3 Å². The second kappa shape index (κ2) is 4.23. The molecule has 1 unspecified atom stereocenters. The first kappa shape index (κ1) is 11.1. The summed E-state index contributed by atoms with van der Waals surface area (Å²) in [5.41, 5.74) is 7.43. The van der Waals surface area contributed by atoms with Crippen molar-refractivity contribution >= 4 is 17.2 Å². The highest BCUT2D eigenvalue weighted by atomic mass is 32.1. The Morgan fingerprint density at radius 2 is 2.38 bits per heavy atom. The molecule has 0 bridgehead atoms. The Hall–Kier alpha value is -1.40. The Labute approximate surface area is 97.5 Å². The van der Waals surface area contributed by atoms with Crippen LogP contribution in [-0.4, -0.2) is 19.9 Å². The Kier molecular flexibility index (Phi) is 2.93. The first-order valence-electron chi connectivity index (χ1n) is 4.94. The van der Waals surface area contributed by atoms with Gasteiger partial charge in [0, 0.05) is 30.1 Å². The molecule has 5 nitrogen and oxygen atoms in total. The molecule has 2 heterocycles. The average Bonchev–Trinajstić information content (AvgIpc) is 2.76. The van der Waals surface area contributed by atoms with Gasteiger partial charge in [0.25, 0.3) is 0 Å². The summed E-state index contributed by atoms with van der Waals surface area (Å²) in [6.07, 6.45) is 1.44. The van der Waals surface area contributed by atoms with Crippen LogP contribution in [0.3, 0.4) is 0 Å². The van der Waals surface area contributed by atoms with Crippen LogP contribution in [0.25, 0.3) is 0 Å². The van der Waals surface area contributed by atoms with Crippen molar-refractivity contribution in [3.63, 3.8) is 0 Å². The molecule has 0 aromatic carbocycles. The summed E-state index contributed by atoms with van der Waals surface area (Å²) in [4.78, 5) is 4.30. The lowest BCUT2D eigenvalue weighted by atomic mass is 10.1. The third kappa shape index (κ3) is 2.07. The Morgan fingerprint density at radius 3 is 2.88 bits per heavy atom. The van der Waals surface area contributed by atoms with Gasteiger partial charge in [0.2, 0.25) is 0 Å². The number of thiazole rings is 1. The normalized spacial score (nSPS) is 12.9. The van der Waals surface area contributed by atoms with Crippen LogP contribution < -0.4 is 5.73 Å². The Balaban J connectivity index is 2.14. The number of aromatic nitrogens is 3. The smallest absolute Gasteiger partial charge is 0.127 e. The zero-order valence-electron chi connectivity index (χ0n) is 9.21. The van der Waals surface area contributed by atoms with E-state index in [0.29, 0.717) is 17.8 Å². The van der Waals surface area contributed by atoms with Gasteiger partial charge in [-0.1, -0.05) is 0 Å². The van der Waals surface area contributed by atoms with Crippen LogP contribution in [-0.2, 0) is 13.5 Å². The van der Waals surface area contributed by atoms with E-state index in [2.05, 4.69) is 10.1 Å². The second-order valence-corrected chi connectivity index (χ2v) is 4.65. The molecule has 0 spiro atoms. The topological polar surface area (TPSA) is 77.0 Å². The number of aliphatic hydroxyl groups excluding tert-OH is 1. The minimum atomic E-state index is -0.640. The summed E-state index contributed by atoms with van der Waals surface area (Å²) in [5.74, 6) is 0.501. The monoisotopic (exact) mass is 238 g/mol. The van der Waals surface area contributed by atoms with E-state index in [-0.39, 0.29) is 0 Å². The van der Waals surface area contributed by atoms with Gasteiger partial charge in [0.1, 0.15) is 5.82 Å². The van der Waals surface area contributed by atoms with Crippen molar-refractivity contribution in [1.82, 2.24) is 14.8 Å². The molecule has 16 heavy (non-hydrogen) atoms. The first-order chi connectivity index (χ1) is 7.58. The van der Waals surface area contributed by atoms with Gasteiger partial charge in [0.15, 0.2) is 0 Å². The summed E-state index contributed by atoms with van der Waals surface area (Å²) in [6, 6.07) is 0. The predicted octanol–water partition coefficient (Wildman–Crippen LogP) is 1.04. The third-order valence-electron chi connectivity index (χ3n) is 2.41. The summed E-state index contributed by atoms with van der Waals surface area (Å²) in [6.45, 7) is 1.94. The maximum atomic E-state index is 10.0. The molecule has 1 atom stereocenters. The fourth-order valence-electron chi connectivity index (χ4n) is 1.49. The fraction of sp³-hybridized carbons (Fsp3) is 0.400. The van der Waals surface area contributed by atoms with E-state index in [1.165, 1.54) is 0 Å². The number of hydrogen-bond acceptors (Lipinski definition) is 5. The zero-order valence-corrected chi connectivity index (χ0v) is 10.0. The fourth-order valence-corrected chi connectivity index (χ4v) is 2.30. The van der Waals surface area contributed by atoms with Gasteiger partial charge >= 0.3 is 0 Å². The van der Waals surface area contributed by atoms with Crippen LogP contribution in [0.5, 0.6) is 0 Å². The third-order valence-corrected chi connectivity index (χ3v) is 3.40. The predicted molar refractivity (Wildman–Crippen MR) is 63.1 cm³/mol. The number of aliphatic hydroxyl groups is 1. The van der Waals surface area contributed by atoms with Crippen molar-refractivity contribution < 1.29 is 5.11 Å². The lowest BCUT2D eigenvalue weighted by Gasteiger charge is -2.07. The molecular weight excluding hydrogens is 224 g/mol. The van der Waals surface area contributed by atoms with Crippen molar-refractivity contribution in [2.75, 3.05) is 5.73 Å². The van der Waals surface area contributed by atoms with Crippen LogP contribution in [0.2, 0.25) is 0 Å². The largest absolute Gasteiger partial charge is 0.388 e. The van der Waals surface area contributed by atoms with Crippen LogP contribution in [0.15, 0.2) is 11.6 Å². The number of nitrogens with zero attached hydrogens (tertiary/aromatic N) is 3. The number of anilines is 1. The van der Waals surface area contributed by atoms with Gasteiger partial charge in [-0.15, -0.1) is 11.3 Å². The molecule has 0 fully saturated rings. The molecule has 0 aliphatic heterocycles. The first-order valence-corrected chi connectivity index (χ1v) is 5.82.